The average molecular weight is 200 g/mol. The molecule has 0 saturated heterocycles. The maximum absolute atomic E-state index is 3.43. The van der Waals surface area contributed by atoms with E-state index < -0.39 is 0 Å². The van der Waals surface area contributed by atoms with Crippen LogP contribution in [0.4, 0.5) is 5.69 Å². The molecule has 0 spiro atoms. The Hall–Kier alpha value is -1.70. The van der Waals surface area contributed by atoms with Gasteiger partial charge in [-0.1, -0.05) is 19.1 Å². The highest BCUT2D eigenvalue weighted by atomic mass is 15.0. The molecule has 0 aliphatic carbocycles. The smallest absolute Gasteiger partial charge is 0.0682 e. The summed E-state index contributed by atoms with van der Waals surface area (Å²) in [4.78, 5) is 0. The van der Waals surface area contributed by atoms with Gasteiger partial charge in [-0.15, -0.1) is 0 Å². The first-order chi connectivity index (χ1) is 7.42. The van der Waals surface area contributed by atoms with Crippen molar-refractivity contribution in [2.75, 3.05) is 11.9 Å². The predicted octanol–water partition coefficient (Wildman–Crippen LogP) is 3.30. The van der Waals surface area contributed by atoms with Gasteiger partial charge in [0.1, 0.15) is 0 Å². The van der Waals surface area contributed by atoms with Crippen LogP contribution in [0.1, 0.15) is 13.3 Å². The van der Waals surface area contributed by atoms with Crippen LogP contribution in [0.2, 0.25) is 0 Å². The van der Waals surface area contributed by atoms with Crippen molar-refractivity contribution in [1.29, 1.82) is 0 Å². The van der Waals surface area contributed by atoms with E-state index in [4.69, 9.17) is 0 Å². The summed E-state index contributed by atoms with van der Waals surface area (Å²) >= 11 is 0. The Balaban J connectivity index is 2.30. The molecule has 0 amide bonds. The van der Waals surface area contributed by atoms with E-state index in [0.717, 1.165) is 13.0 Å². The molecule has 0 aliphatic heterocycles. The number of rotatable bonds is 4. The van der Waals surface area contributed by atoms with Crippen LogP contribution in [0.3, 0.4) is 0 Å². The molecule has 0 bridgehead atoms. The number of hydrogen-bond acceptors (Lipinski definition) is 1. The lowest BCUT2D eigenvalue weighted by Crippen LogP contribution is -2.03. The highest BCUT2D eigenvalue weighted by Gasteiger charge is 2.00. The summed E-state index contributed by atoms with van der Waals surface area (Å²) in [5, 5.41) is 3.43. The zero-order valence-electron chi connectivity index (χ0n) is 8.98. The van der Waals surface area contributed by atoms with Gasteiger partial charge in [0.05, 0.1) is 11.4 Å². The third kappa shape index (κ3) is 2.21. The summed E-state index contributed by atoms with van der Waals surface area (Å²) in [6.45, 7) is 3.18. The summed E-state index contributed by atoms with van der Waals surface area (Å²) in [5.41, 5.74) is 2.39. The Morgan fingerprint density at radius 2 is 1.80 bits per heavy atom. The van der Waals surface area contributed by atoms with Gasteiger partial charge in [0, 0.05) is 18.9 Å². The Morgan fingerprint density at radius 3 is 2.53 bits per heavy atom. The summed E-state index contributed by atoms with van der Waals surface area (Å²) in [6.07, 6.45) is 5.26. The second-order valence-corrected chi connectivity index (χ2v) is 3.53. The van der Waals surface area contributed by atoms with Gasteiger partial charge in [-0.25, -0.2) is 0 Å². The first kappa shape index (κ1) is 9.84. The zero-order valence-corrected chi connectivity index (χ0v) is 8.98. The van der Waals surface area contributed by atoms with Crippen LogP contribution in [0, 0.1) is 0 Å². The molecular formula is C13H16N2. The van der Waals surface area contributed by atoms with Crippen LogP contribution in [-0.4, -0.2) is 11.1 Å². The molecule has 15 heavy (non-hydrogen) atoms. The Kier molecular flexibility index (Phi) is 3.08. The fourth-order valence-electron chi connectivity index (χ4n) is 1.60. The molecule has 2 rings (SSSR count). The molecule has 1 heterocycles. The number of aromatic nitrogens is 1. The summed E-state index contributed by atoms with van der Waals surface area (Å²) in [7, 11) is 0. The molecule has 1 aromatic heterocycles. The minimum absolute atomic E-state index is 1.01. The molecule has 0 unspecified atom stereocenters. The number of para-hydroxylation sites is 2. The van der Waals surface area contributed by atoms with Crippen LogP contribution in [0.15, 0.2) is 48.8 Å². The number of nitrogens with zero attached hydrogens (tertiary/aromatic N) is 1. The van der Waals surface area contributed by atoms with E-state index in [-0.39, 0.29) is 0 Å². The van der Waals surface area contributed by atoms with Crippen molar-refractivity contribution in [3.63, 3.8) is 0 Å². The van der Waals surface area contributed by atoms with Crippen molar-refractivity contribution in [1.82, 2.24) is 4.57 Å². The van der Waals surface area contributed by atoms with Gasteiger partial charge < -0.3 is 9.88 Å². The van der Waals surface area contributed by atoms with Gasteiger partial charge >= 0.3 is 0 Å². The maximum Gasteiger partial charge on any atom is 0.0682 e. The van der Waals surface area contributed by atoms with E-state index in [0.29, 0.717) is 0 Å². The standard InChI is InChI=1S/C13H16N2/c1-2-9-14-12-7-3-4-8-13(12)15-10-5-6-11-15/h3-8,10-11,14H,2,9H2,1H3. The summed E-state index contributed by atoms with van der Waals surface area (Å²) < 4.78 is 2.12. The molecule has 0 fully saturated rings. The fourth-order valence-corrected chi connectivity index (χ4v) is 1.60. The molecule has 0 radical (unpaired) electrons. The van der Waals surface area contributed by atoms with Crippen molar-refractivity contribution in [2.45, 2.75) is 13.3 Å². The highest BCUT2D eigenvalue weighted by molar-refractivity contribution is 5.61. The molecule has 1 aromatic carbocycles. The highest BCUT2D eigenvalue weighted by Crippen LogP contribution is 2.19. The van der Waals surface area contributed by atoms with E-state index in [1.165, 1.54) is 11.4 Å². The normalized spacial score (nSPS) is 10.2. The van der Waals surface area contributed by atoms with Crippen molar-refractivity contribution in [2.24, 2.45) is 0 Å². The minimum Gasteiger partial charge on any atom is -0.383 e. The van der Waals surface area contributed by atoms with Gasteiger partial charge in [0.2, 0.25) is 0 Å². The Labute approximate surface area is 90.6 Å². The molecule has 0 saturated carbocycles. The number of nitrogens with one attached hydrogen (secondary N) is 1. The molecule has 0 aliphatic rings. The number of anilines is 1. The predicted molar refractivity (Wildman–Crippen MR) is 64.5 cm³/mol. The average Bonchev–Trinajstić information content (AvgIpc) is 2.80. The minimum atomic E-state index is 1.01. The second-order valence-electron chi connectivity index (χ2n) is 3.53. The third-order valence-corrected chi connectivity index (χ3v) is 2.35. The number of benzene rings is 1. The van der Waals surface area contributed by atoms with Crippen molar-refractivity contribution in [3.8, 4) is 5.69 Å². The maximum atomic E-state index is 3.43. The van der Waals surface area contributed by atoms with E-state index in [9.17, 15) is 0 Å². The first-order valence-electron chi connectivity index (χ1n) is 5.38. The van der Waals surface area contributed by atoms with Gasteiger partial charge in [-0.3, -0.25) is 0 Å². The van der Waals surface area contributed by atoms with E-state index in [2.05, 4.69) is 53.5 Å². The summed E-state index contributed by atoms with van der Waals surface area (Å²) in [5.74, 6) is 0. The fraction of sp³-hybridized carbons (Fsp3) is 0.231. The lowest BCUT2D eigenvalue weighted by Gasteiger charge is -2.11. The first-order valence-corrected chi connectivity index (χ1v) is 5.38. The lowest BCUT2D eigenvalue weighted by atomic mass is 10.2. The molecule has 0 atom stereocenters. The van der Waals surface area contributed by atoms with Gasteiger partial charge in [0.25, 0.3) is 0 Å². The van der Waals surface area contributed by atoms with Crippen molar-refractivity contribution >= 4 is 5.69 Å². The van der Waals surface area contributed by atoms with Crippen LogP contribution >= 0.6 is 0 Å². The van der Waals surface area contributed by atoms with Gasteiger partial charge in [-0.05, 0) is 30.7 Å². The topological polar surface area (TPSA) is 17.0 Å². The molecule has 78 valence electrons. The third-order valence-electron chi connectivity index (χ3n) is 2.35. The lowest BCUT2D eigenvalue weighted by molar-refractivity contribution is 0.971. The molecule has 2 nitrogen and oxygen atoms in total. The van der Waals surface area contributed by atoms with Gasteiger partial charge in [0.15, 0.2) is 0 Å². The van der Waals surface area contributed by atoms with Gasteiger partial charge in [-0.2, -0.15) is 0 Å². The van der Waals surface area contributed by atoms with Crippen LogP contribution in [0.5, 0.6) is 0 Å². The molecule has 1 N–H and O–H groups in total. The largest absolute Gasteiger partial charge is 0.383 e. The van der Waals surface area contributed by atoms with E-state index >= 15 is 0 Å². The monoisotopic (exact) mass is 200 g/mol. The zero-order chi connectivity index (χ0) is 10.5. The van der Waals surface area contributed by atoms with Crippen LogP contribution in [0.25, 0.3) is 5.69 Å². The Bertz CT molecular complexity index is 404. The van der Waals surface area contributed by atoms with Crippen molar-refractivity contribution in [3.05, 3.63) is 48.8 Å². The molecular weight excluding hydrogens is 184 g/mol. The second kappa shape index (κ2) is 4.69. The molecule has 2 aromatic rings. The quantitative estimate of drug-likeness (QED) is 0.801. The summed E-state index contributed by atoms with van der Waals surface area (Å²) in [6, 6.07) is 12.4. The number of hydrogen-bond donors (Lipinski definition) is 1. The van der Waals surface area contributed by atoms with Crippen molar-refractivity contribution < 1.29 is 0 Å². The SMILES string of the molecule is CCCNc1ccccc1-n1cccc1. The Morgan fingerprint density at radius 1 is 1.07 bits per heavy atom. The van der Waals surface area contributed by atoms with E-state index in [1.54, 1.807) is 0 Å². The molecule has 2 heteroatoms. The van der Waals surface area contributed by atoms with Crippen LogP contribution < -0.4 is 5.32 Å². The van der Waals surface area contributed by atoms with Crippen LogP contribution in [-0.2, 0) is 0 Å². The van der Waals surface area contributed by atoms with E-state index in [1.807, 2.05) is 12.1 Å².